The van der Waals surface area contributed by atoms with Gasteiger partial charge < -0.3 is 5.32 Å². The molecule has 0 bridgehead atoms. The quantitative estimate of drug-likeness (QED) is 0.530. The summed E-state index contributed by atoms with van der Waals surface area (Å²) in [6.07, 6.45) is 10.8. The van der Waals surface area contributed by atoms with E-state index in [9.17, 15) is 8.78 Å². The van der Waals surface area contributed by atoms with Gasteiger partial charge in [-0.2, -0.15) is 0 Å². The second kappa shape index (κ2) is 6.96. The summed E-state index contributed by atoms with van der Waals surface area (Å²) in [6.45, 7) is 2.10. The monoisotopic (exact) mass is 243 g/mol. The third-order valence-electron chi connectivity index (χ3n) is 3.49. The predicted molar refractivity (Wildman–Crippen MR) is 67.1 cm³/mol. The molecule has 1 fully saturated rings. The summed E-state index contributed by atoms with van der Waals surface area (Å²) < 4.78 is 26.1. The minimum absolute atomic E-state index is 0.00239. The molecule has 0 amide bonds. The van der Waals surface area contributed by atoms with Gasteiger partial charge in [0, 0.05) is 31.3 Å². The molecule has 1 N–H and O–H groups in total. The molecule has 3 heteroatoms. The van der Waals surface area contributed by atoms with Crippen LogP contribution in [0.1, 0.15) is 58.3 Å². The van der Waals surface area contributed by atoms with Gasteiger partial charge in [0.15, 0.2) is 0 Å². The Balaban J connectivity index is 2.21. The highest BCUT2D eigenvalue weighted by Gasteiger charge is 2.39. The zero-order chi connectivity index (χ0) is 12.7. The Kier molecular flexibility index (Phi) is 5.91. The topological polar surface area (TPSA) is 12.0 Å². The van der Waals surface area contributed by atoms with Crippen LogP contribution in [0.3, 0.4) is 0 Å². The first-order chi connectivity index (χ1) is 8.07. The minimum atomic E-state index is -2.45. The van der Waals surface area contributed by atoms with Crippen LogP contribution >= 0.6 is 0 Å². The van der Waals surface area contributed by atoms with Crippen molar-refractivity contribution in [3.8, 4) is 12.3 Å². The van der Waals surface area contributed by atoms with Crippen molar-refractivity contribution >= 4 is 0 Å². The Morgan fingerprint density at radius 3 is 2.76 bits per heavy atom. The summed E-state index contributed by atoms with van der Waals surface area (Å²) in [5.74, 6) is 0.179. The summed E-state index contributed by atoms with van der Waals surface area (Å²) in [4.78, 5) is 0. The summed E-state index contributed by atoms with van der Waals surface area (Å²) in [5.41, 5.74) is 0. The fraction of sp³-hybridized carbons (Fsp3) is 0.857. The van der Waals surface area contributed by atoms with E-state index in [1.54, 1.807) is 0 Å². The summed E-state index contributed by atoms with van der Waals surface area (Å²) >= 11 is 0. The van der Waals surface area contributed by atoms with Crippen LogP contribution in [-0.4, -0.2) is 18.0 Å². The number of nitrogens with one attached hydrogen (secondary N) is 1. The molecule has 0 saturated heterocycles. The van der Waals surface area contributed by atoms with Crippen molar-refractivity contribution in [2.24, 2.45) is 0 Å². The van der Waals surface area contributed by atoms with Gasteiger partial charge in [0.1, 0.15) is 0 Å². The number of rotatable bonds is 7. The molecule has 1 rings (SSSR count). The molecule has 1 nitrogen and oxygen atoms in total. The Labute approximate surface area is 103 Å². The van der Waals surface area contributed by atoms with Gasteiger partial charge in [-0.15, -0.1) is 12.3 Å². The van der Waals surface area contributed by atoms with Crippen LogP contribution < -0.4 is 5.32 Å². The highest BCUT2D eigenvalue weighted by molar-refractivity contribution is 4.88. The maximum atomic E-state index is 13.0. The Hall–Kier alpha value is -0.620. The molecule has 0 aliphatic heterocycles. The maximum Gasteiger partial charge on any atom is 0.249 e. The van der Waals surface area contributed by atoms with Gasteiger partial charge in [0.05, 0.1) is 0 Å². The number of hydrogen-bond donors (Lipinski definition) is 1. The molecule has 17 heavy (non-hydrogen) atoms. The Bertz CT molecular complexity index is 257. The second-order valence-electron chi connectivity index (χ2n) is 5.02. The largest absolute Gasteiger partial charge is 0.311 e. The van der Waals surface area contributed by atoms with E-state index in [4.69, 9.17) is 6.42 Å². The SMILES string of the molecule is C#CCCCCC(CC)NC1CCC(F)(F)C1. The van der Waals surface area contributed by atoms with Crippen LogP contribution in [-0.2, 0) is 0 Å². The van der Waals surface area contributed by atoms with Crippen molar-refractivity contribution in [1.82, 2.24) is 5.32 Å². The van der Waals surface area contributed by atoms with Gasteiger partial charge in [-0.3, -0.25) is 0 Å². The molecule has 0 spiro atoms. The van der Waals surface area contributed by atoms with Crippen molar-refractivity contribution in [1.29, 1.82) is 0 Å². The fourth-order valence-corrected chi connectivity index (χ4v) is 2.45. The summed E-state index contributed by atoms with van der Waals surface area (Å²) in [7, 11) is 0. The third kappa shape index (κ3) is 5.50. The smallest absolute Gasteiger partial charge is 0.249 e. The lowest BCUT2D eigenvalue weighted by atomic mass is 10.0. The zero-order valence-electron chi connectivity index (χ0n) is 10.6. The average molecular weight is 243 g/mol. The van der Waals surface area contributed by atoms with E-state index in [2.05, 4.69) is 18.2 Å². The molecule has 0 aromatic rings. The van der Waals surface area contributed by atoms with E-state index >= 15 is 0 Å². The van der Waals surface area contributed by atoms with Crippen LogP contribution in [0.2, 0.25) is 0 Å². The Morgan fingerprint density at radius 1 is 1.47 bits per heavy atom. The third-order valence-corrected chi connectivity index (χ3v) is 3.49. The number of terminal acetylenes is 1. The maximum absolute atomic E-state index is 13.0. The molecule has 0 aromatic carbocycles. The van der Waals surface area contributed by atoms with Crippen LogP contribution in [0.25, 0.3) is 0 Å². The normalized spacial score (nSPS) is 24.5. The van der Waals surface area contributed by atoms with E-state index in [0.29, 0.717) is 12.5 Å². The van der Waals surface area contributed by atoms with Crippen LogP contribution in [0.15, 0.2) is 0 Å². The second-order valence-corrected chi connectivity index (χ2v) is 5.02. The lowest BCUT2D eigenvalue weighted by Gasteiger charge is -2.21. The summed E-state index contributed by atoms with van der Waals surface area (Å²) in [5, 5.41) is 3.37. The minimum Gasteiger partial charge on any atom is -0.311 e. The number of halogens is 2. The van der Waals surface area contributed by atoms with E-state index < -0.39 is 5.92 Å². The molecule has 2 atom stereocenters. The first kappa shape index (κ1) is 14.4. The van der Waals surface area contributed by atoms with Crippen molar-refractivity contribution in [3.63, 3.8) is 0 Å². The zero-order valence-corrected chi connectivity index (χ0v) is 10.6. The molecule has 98 valence electrons. The van der Waals surface area contributed by atoms with Crippen molar-refractivity contribution < 1.29 is 8.78 Å². The highest BCUT2D eigenvalue weighted by atomic mass is 19.3. The van der Waals surface area contributed by atoms with Gasteiger partial charge in [0.25, 0.3) is 0 Å². The fourth-order valence-electron chi connectivity index (χ4n) is 2.45. The van der Waals surface area contributed by atoms with Crippen LogP contribution in [0.5, 0.6) is 0 Å². The van der Waals surface area contributed by atoms with E-state index in [1.807, 2.05) is 0 Å². The molecule has 1 aliphatic rings. The van der Waals surface area contributed by atoms with Gasteiger partial charge in [0.2, 0.25) is 5.92 Å². The molecular formula is C14H23F2N. The van der Waals surface area contributed by atoms with Crippen molar-refractivity contribution in [3.05, 3.63) is 0 Å². The van der Waals surface area contributed by atoms with Crippen LogP contribution in [0.4, 0.5) is 8.78 Å². The average Bonchev–Trinajstić information content (AvgIpc) is 2.62. The van der Waals surface area contributed by atoms with Gasteiger partial charge in [-0.25, -0.2) is 8.78 Å². The number of unbranched alkanes of at least 4 members (excludes halogenated alkanes) is 2. The molecule has 0 aromatic heterocycles. The number of hydrogen-bond acceptors (Lipinski definition) is 1. The number of alkyl halides is 2. The lowest BCUT2D eigenvalue weighted by molar-refractivity contribution is 0.00653. The van der Waals surface area contributed by atoms with E-state index in [1.165, 1.54) is 0 Å². The van der Waals surface area contributed by atoms with Gasteiger partial charge in [-0.1, -0.05) is 13.3 Å². The molecule has 1 aliphatic carbocycles. The van der Waals surface area contributed by atoms with Gasteiger partial charge in [-0.05, 0) is 25.7 Å². The van der Waals surface area contributed by atoms with E-state index in [-0.39, 0.29) is 18.9 Å². The molecule has 1 saturated carbocycles. The summed E-state index contributed by atoms with van der Waals surface area (Å²) in [6, 6.07) is 0.370. The molecule has 0 heterocycles. The molecule has 0 radical (unpaired) electrons. The van der Waals surface area contributed by atoms with Crippen molar-refractivity contribution in [2.45, 2.75) is 76.3 Å². The van der Waals surface area contributed by atoms with Crippen LogP contribution in [0, 0.1) is 12.3 Å². The van der Waals surface area contributed by atoms with E-state index in [0.717, 1.165) is 32.1 Å². The molecule has 2 unspecified atom stereocenters. The first-order valence-corrected chi connectivity index (χ1v) is 6.64. The van der Waals surface area contributed by atoms with Gasteiger partial charge >= 0.3 is 0 Å². The Morgan fingerprint density at radius 2 is 2.24 bits per heavy atom. The first-order valence-electron chi connectivity index (χ1n) is 6.64. The highest BCUT2D eigenvalue weighted by Crippen LogP contribution is 2.35. The van der Waals surface area contributed by atoms with Crippen molar-refractivity contribution in [2.75, 3.05) is 0 Å². The standard InChI is InChI=1S/C14H23F2N/c1-3-5-6-7-8-12(4-2)17-13-9-10-14(15,16)11-13/h1,12-13,17H,4-11H2,2H3. The predicted octanol–water partition coefficient (Wildman–Crippen LogP) is 3.74. The molecular weight excluding hydrogens is 220 g/mol. The lowest BCUT2D eigenvalue weighted by Crippen LogP contribution is -2.37.